The van der Waals surface area contributed by atoms with Gasteiger partial charge in [-0.3, -0.25) is 9.59 Å². The molecule has 1 heterocycles. The molecule has 0 unspecified atom stereocenters. The first-order valence-corrected chi connectivity index (χ1v) is 9.17. The Morgan fingerprint density at radius 1 is 0.964 bits per heavy atom. The van der Waals surface area contributed by atoms with Gasteiger partial charge in [-0.05, 0) is 55.5 Å². The zero-order valence-corrected chi connectivity index (χ0v) is 15.7. The minimum atomic E-state index is -0.180. The van der Waals surface area contributed by atoms with Gasteiger partial charge < -0.3 is 20.0 Å². The minimum absolute atomic E-state index is 0.0195. The predicted molar refractivity (Wildman–Crippen MR) is 109 cm³/mol. The van der Waals surface area contributed by atoms with Gasteiger partial charge in [0, 0.05) is 23.5 Å². The molecule has 0 aliphatic heterocycles. The van der Waals surface area contributed by atoms with Crippen LogP contribution in [0.5, 0.6) is 0 Å². The molecule has 144 valence electrons. The molecule has 0 radical (unpaired) electrons. The molecule has 0 bridgehead atoms. The molecule has 6 heteroatoms. The molecule has 28 heavy (non-hydrogen) atoms. The van der Waals surface area contributed by atoms with Crippen LogP contribution in [0.3, 0.4) is 0 Å². The maximum absolute atomic E-state index is 12.5. The molecule has 3 aromatic rings. The number of nitrogens with zero attached hydrogens (tertiary/aromatic N) is 1. The van der Waals surface area contributed by atoms with Crippen molar-refractivity contribution < 1.29 is 14.0 Å². The van der Waals surface area contributed by atoms with E-state index in [0.29, 0.717) is 24.4 Å². The maximum atomic E-state index is 12.5. The monoisotopic (exact) mass is 377 g/mol. The third-order valence-corrected chi connectivity index (χ3v) is 4.28. The van der Waals surface area contributed by atoms with Crippen LogP contribution in [-0.4, -0.2) is 24.9 Å². The Kier molecular flexibility index (Phi) is 6.46. The van der Waals surface area contributed by atoms with Crippen LogP contribution in [-0.2, 0) is 11.3 Å². The van der Waals surface area contributed by atoms with Gasteiger partial charge in [-0.25, -0.2) is 0 Å². The van der Waals surface area contributed by atoms with Gasteiger partial charge in [-0.15, -0.1) is 0 Å². The van der Waals surface area contributed by atoms with E-state index in [1.807, 2.05) is 37.3 Å². The van der Waals surface area contributed by atoms with Crippen LogP contribution in [0, 0.1) is 0 Å². The van der Waals surface area contributed by atoms with Crippen LogP contribution >= 0.6 is 0 Å². The first-order valence-electron chi connectivity index (χ1n) is 9.17. The normalized spacial score (nSPS) is 10.3. The molecule has 0 saturated heterocycles. The highest BCUT2D eigenvalue weighted by Crippen LogP contribution is 2.14. The number of anilines is 2. The number of hydrogen-bond acceptors (Lipinski definition) is 4. The highest BCUT2D eigenvalue weighted by atomic mass is 16.3. The third-order valence-electron chi connectivity index (χ3n) is 4.28. The number of rotatable bonds is 8. The summed E-state index contributed by atoms with van der Waals surface area (Å²) in [6.07, 6.45) is 1.57. The topological polar surface area (TPSA) is 74.6 Å². The van der Waals surface area contributed by atoms with E-state index in [0.717, 1.165) is 11.4 Å². The minimum Gasteiger partial charge on any atom is -0.467 e. The van der Waals surface area contributed by atoms with E-state index >= 15 is 0 Å². The summed E-state index contributed by atoms with van der Waals surface area (Å²) < 4.78 is 5.19. The lowest BCUT2D eigenvalue weighted by Gasteiger charge is -2.21. The Hall–Kier alpha value is -3.54. The number of carbonyl (C=O) groups is 2. The molecule has 0 fully saturated rings. The molecule has 1 aromatic heterocycles. The summed E-state index contributed by atoms with van der Waals surface area (Å²) >= 11 is 0. The second-order valence-electron chi connectivity index (χ2n) is 6.17. The maximum Gasteiger partial charge on any atom is 0.251 e. The smallest absolute Gasteiger partial charge is 0.251 e. The van der Waals surface area contributed by atoms with Crippen molar-refractivity contribution >= 4 is 23.2 Å². The molecule has 3 rings (SSSR count). The summed E-state index contributed by atoms with van der Waals surface area (Å²) in [4.78, 5) is 26.4. The largest absolute Gasteiger partial charge is 0.467 e. The number of benzene rings is 2. The molecule has 0 saturated carbocycles. The van der Waals surface area contributed by atoms with E-state index in [4.69, 9.17) is 4.42 Å². The molecule has 2 N–H and O–H groups in total. The van der Waals surface area contributed by atoms with Gasteiger partial charge in [0.1, 0.15) is 5.76 Å². The Morgan fingerprint density at radius 3 is 2.36 bits per heavy atom. The number of furan rings is 1. The van der Waals surface area contributed by atoms with Crippen LogP contribution in [0.25, 0.3) is 0 Å². The van der Waals surface area contributed by atoms with Gasteiger partial charge in [-0.2, -0.15) is 0 Å². The highest BCUT2D eigenvalue weighted by Gasteiger charge is 2.13. The molecule has 2 aromatic carbocycles. The zero-order valence-electron chi connectivity index (χ0n) is 15.7. The van der Waals surface area contributed by atoms with Crippen LogP contribution in [0.4, 0.5) is 11.4 Å². The summed E-state index contributed by atoms with van der Waals surface area (Å²) in [6, 6.07) is 20.2. The molecular formula is C22H23N3O3. The lowest BCUT2D eigenvalue weighted by molar-refractivity contribution is -0.116. The van der Waals surface area contributed by atoms with E-state index < -0.39 is 0 Å². The summed E-state index contributed by atoms with van der Waals surface area (Å²) in [5, 5.41) is 5.91. The average Bonchev–Trinajstić information content (AvgIpc) is 3.26. The van der Waals surface area contributed by atoms with E-state index in [-0.39, 0.29) is 18.4 Å². The van der Waals surface area contributed by atoms with E-state index in [1.165, 1.54) is 0 Å². The van der Waals surface area contributed by atoms with Gasteiger partial charge in [0.2, 0.25) is 5.91 Å². The second-order valence-corrected chi connectivity index (χ2v) is 6.17. The van der Waals surface area contributed by atoms with Crippen molar-refractivity contribution in [1.82, 2.24) is 5.32 Å². The molecule has 0 atom stereocenters. The van der Waals surface area contributed by atoms with Crippen molar-refractivity contribution in [2.75, 3.05) is 23.3 Å². The molecule has 0 spiro atoms. The van der Waals surface area contributed by atoms with Crippen molar-refractivity contribution in [3.8, 4) is 0 Å². The lowest BCUT2D eigenvalue weighted by atomic mass is 10.2. The van der Waals surface area contributed by atoms with Crippen molar-refractivity contribution in [3.63, 3.8) is 0 Å². The number of carbonyl (C=O) groups excluding carboxylic acids is 2. The third kappa shape index (κ3) is 5.01. The number of likely N-dealkylation sites (N-methyl/N-ethyl adjacent to an activating group) is 1. The van der Waals surface area contributed by atoms with Gasteiger partial charge in [0.05, 0.1) is 19.4 Å². The number of nitrogens with one attached hydrogen (secondary N) is 2. The Bertz CT molecular complexity index is 891. The van der Waals surface area contributed by atoms with Gasteiger partial charge in [0.25, 0.3) is 5.91 Å². The predicted octanol–water partition coefficient (Wildman–Crippen LogP) is 3.67. The van der Waals surface area contributed by atoms with Gasteiger partial charge in [-0.1, -0.05) is 18.2 Å². The van der Waals surface area contributed by atoms with Crippen LogP contribution in [0.1, 0.15) is 23.0 Å². The number of para-hydroxylation sites is 1. The Balaban J connectivity index is 1.52. The fourth-order valence-corrected chi connectivity index (χ4v) is 2.81. The fourth-order valence-electron chi connectivity index (χ4n) is 2.81. The summed E-state index contributed by atoms with van der Waals surface area (Å²) in [5.74, 6) is 0.498. The number of amides is 2. The van der Waals surface area contributed by atoms with Crippen molar-refractivity contribution in [1.29, 1.82) is 0 Å². The fraction of sp³-hybridized carbons (Fsp3) is 0.182. The standard InChI is InChI=1S/C22H23N3O3/c1-2-25(19-7-4-3-5-8-19)21(26)16-23-18-12-10-17(11-13-18)22(27)24-15-20-9-6-14-28-20/h3-14,23H,2,15-16H2,1H3,(H,24,27). The molecule has 6 nitrogen and oxygen atoms in total. The van der Waals surface area contributed by atoms with Gasteiger partial charge in [0.15, 0.2) is 0 Å². The second kappa shape index (κ2) is 9.41. The van der Waals surface area contributed by atoms with Crippen LogP contribution in [0.15, 0.2) is 77.4 Å². The quantitative estimate of drug-likeness (QED) is 0.628. The molecule has 0 aliphatic rings. The Morgan fingerprint density at radius 2 is 1.71 bits per heavy atom. The number of hydrogen-bond donors (Lipinski definition) is 2. The summed E-state index contributed by atoms with van der Waals surface area (Å²) in [7, 11) is 0. The SMILES string of the molecule is CCN(C(=O)CNc1ccc(C(=O)NCc2ccco2)cc1)c1ccccc1. The van der Waals surface area contributed by atoms with Crippen LogP contribution in [0.2, 0.25) is 0 Å². The van der Waals surface area contributed by atoms with E-state index in [2.05, 4.69) is 10.6 Å². The molecular weight excluding hydrogens is 354 g/mol. The molecule has 2 amide bonds. The highest BCUT2D eigenvalue weighted by molar-refractivity contribution is 5.96. The summed E-state index contributed by atoms with van der Waals surface area (Å²) in [6.45, 7) is 3.06. The molecule has 0 aliphatic carbocycles. The van der Waals surface area contributed by atoms with Crippen molar-refractivity contribution in [2.24, 2.45) is 0 Å². The zero-order chi connectivity index (χ0) is 19.8. The first-order chi connectivity index (χ1) is 13.7. The van der Waals surface area contributed by atoms with Gasteiger partial charge >= 0.3 is 0 Å². The van der Waals surface area contributed by atoms with Crippen LogP contribution < -0.4 is 15.5 Å². The first kappa shape index (κ1) is 19.2. The Labute approximate surface area is 164 Å². The summed E-state index contributed by atoms with van der Waals surface area (Å²) in [5.41, 5.74) is 2.20. The van der Waals surface area contributed by atoms with E-state index in [1.54, 1.807) is 47.6 Å². The van der Waals surface area contributed by atoms with E-state index in [9.17, 15) is 9.59 Å². The van der Waals surface area contributed by atoms with Crippen molar-refractivity contribution in [2.45, 2.75) is 13.5 Å². The average molecular weight is 377 g/mol. The lowest BCUT2D eigenvalue weighted by Crippen LogP contribution is -2.35. The van der Waals surface area contributed by atoms with Crippen molar-refractivity contribution in [3.05, 3.63) is 84.3 Å².